The number of nitrogens with zero attached hydrogens (tertiary/aromatic N) is 10. The summed E-state index contributed by atoms with van der Waals surface area (Å²) in [5.41, 5.74) is 18.2. The lowest BCUT2D eigenvalue weighted by molar-refractivity contribution is -0.146. The number of nitrogens with one attached hydrogen (secondary N) is 3. The molecule has 27 nitrogen and oxygen atoms in total. The first kappa shape index (κ1) is 49.6. The Hall–Kier alpha value is -7.10. The van der Waals surface area contributed by atoms with E-state index in [2.05, 4.69) is 50.2 Å². The van der Waals surface area contributed by atoms with Gasteiger partial charge >= 0.3 is 17.9 Å². The molecule has 0 saturated carbocycles. The molecule has 64 heavy (non-hydrogen) atoms. The van der Waals surface area contributed by atoms with Crippen LogP contribution in [0.1, 0.15) is 40.5 Å². The van der Waals surface area contributed by atoms with Gasteiger partial charge in [-0.05, 0) is 18.8 Å². The minimum absolute atomic E-state index is 0.00662. The van der Waals surface area contributed by atoms with Crippen LogP contribution in [0.5, 0.6) is 0 Å². The third-order valence-corrected chi connectivity index (χ3v) is 9.25. The van der Waals surface area contributed by atoms with Crippen molar-refractivity contribution in [2.45, 2.75) is 66.4 Å². The van der Waals surface area contributed by atoms with E-state index in [1.54, 1.807) is 21.7 Å². The smallest absolute Gasteiger partial charge is 0.320 e. The number of imidazole rings is 3. The Bertz CT molecular complexity index is 2560. The van der Waals surface area contributed by atoms with Gasteiger partial charge < -0.3 is 61.2 Å². The lowest BCUT2D eigenvalue weighted by Gasteiger charge is -2.17. The van der Waals surface area contributed by atoms with Crippen molar-refractivity contribution in [3.05, 3.63) is 45.9 Å². The highest BCUT2D eigenvalue weighted by atomic mass is 16.5. The SMILES string of the molecule is CC(=O)OCC(CCn1cnc2cnc(N)nc21)COC(C)=O.CC(C)[C@H](NCCOCn1cnc2c(=O)[nH]c(N)nc21)C(=O)O.Nc1nc2c(ncn2CCC(CO)CO)c(=O)[nH]1. The van der Waals surface area contributed by atoms with Gasteiger partial charge in [0, 0.05) is 58.5 Å². The van der Waals surface area contributed by atoms with Crippen LogP contribution in [0.2, 0.25) is 0 Å². The normalized spacial score (nSPS) is 11.8. The predicted octanol–water partition coefficient (Wildman–Crippen LogP) is -1.39. The molecule has 0 bridgehead atoms. The molecule has 0 aliphatic heterocycles. The van der Waals surface area contributed by atoms with Crippen LogP contribution >= 0.6 is 0 Å². The number of aliphatic carboxylic acids is 1. The van der Waals surface area contributed by atoms with Crippen molar-refractivity contribution in [1.29, 1.82) is 0 Å². The summed E-state index contributed by atoms with van der Waals surface area (Å²) < 4.78 is 20.5. The topological polar surface area (TPSA) is 400 Å². The first-order valence-electron chi connectivity index (χ1n) is 19.9. The summed E-state index contributed by atoms with van der Waals surface area (Å²) in [5.74, 6) is -1.74. The van der Waals surface area contributed by atoms with Gasteiger partial charge in [-0.25, -0.2) is 19.9 Å². The number of hydrogen-bond acceptors (Lipinski definition) is 21. The van der Waals surface area contributed by atoms with Crippen LogP contribution in [0, 0.1) is 17.8 Å². The number of aromatic amines is 2. The molecule has 0 saturated heterocycles. The van der Waals surface area contributed by atoms with Gasteiger partial charge in [0.2, 0.25) is 17.8 Å². The largest absolute Gasteiger partial charge is 0.480 e. The number of carbonyl (C=O) groups excluding carboxylic acids is 2. The van der Waals surface area contributed by atoms with Crippen LogP contribution in [-0.2, 0) is 48.4 Å². The fourth-order valence-electron chi connectivity index (χ4n) is 5.86. The van der Waals surface area contributed by atoms with Gasteiger partial charge in [0.25, 0.3) is 11.1 Å². The van der Waals surface area contributed by atoms with Gasteiger partial charge in [-0.1, -0.05) is 13.8 Å². The number of aliphatic hydroxyl groups is 2. The Kier molecular flexibility index (Phi) is 18.5. The van der Waals surface area contributed by atoms with Gasteiger partial charge in [0.1, 0.15) is 18.3 Å². The zero-order valence-corrected chi connectivity index (χ0v) is 35.7. The molecule has 0 aliphatic rings. The summed E-state index contributed by atoms with van der Waals surface area (Å²) in [7, 11) is 0. The highest BCUT2D eigenvalue weighted by Gasteiger charge is 2.20. The van der Waals surface area contributed by atoms with E-state index in [9.17, 15) is 24.0 Å². The quantitative estimate of drug-likeness (QED) is 0.0314. The summed E-state index contributed by atoms with van der Waals surface area (Å²) in [6, 6.07) is -0.618. The van der Waals surface area contributed by atoms with E-state index in [0.29, 0.717) is 61.5 Å². The Morgan fingerprint density at radius 1 is 0.750 bits per heavy atom. The molecule has 6 rings (SSSR count). The van der Waals surface area contributed by atoms with Crippen molar-refractivity contribution in [2.24, 2.45) is 17.8 Å². The first-order chi connectivity index (χ1) is 30.5. The molecule has 12 N–H and O–H groups in total. The maximum absolute atomic E-state index is 11.6. The number of aliphatic hydroxyl groups excluding tert-OH is 2. The van der Waals surface area contributed by atoms with E-state index in [-0.39, 0.29) is 97.3 Å². The van der Waals surface area contributed by atoms with Crippen LogP contribution in [0.3, 0.4) is 0 Å². The Morgan fingerprint density at radius 2 is 1.27 bits per heavy atom. The number of carboxylic acids is 1. The lowest BCUT2D eigenvalue weighted by atomic mass is 10.1. The van der Waals surface area contributed by atoms with Gasteiger partial charge in [0.05, 0.1) is 45.0 Å². The predicted molar refractivity (Wildman–Crippen MR) is 229 cm³/mol. The van der Waals surface area contributed by atoms with Crippen LogP contribution in [-0.4, -0.2) is 137 Å². The molecule has 27 heteroatoms. The van der Waals surface area contributed by atoms with Crippen LogP contribution in [0.25, 0.3) is 33.5 Å². The van der Waals surface area contributed by atoms with Crippen LogP contribution < -0.4 is 33.6 Å². The fraction of sp³-hybridized carbons (Fsp3) is 0.514. The van der Waals surface area contributed by atoms with Crippen molar-refractivity contribution in [1.82, 2.24) is 63.9 Å². The molecular weight excluding hydrogens is 845 g/mol. The number of hydrogen-bond donors (Lipinski definition) is 9. The van der Waals surface area contributed by atoms with E-state index in [4.69, 9.17) is 46.7 Å². The summed E-state index contributed by atoms with van der Waals surface area (Å²) >= 11 is 0. The highest BCUT2D eigenvalue weighted by molar-refractivity contribution is 5.74. The maximum atomic E-state index is 11.6. The minimum atomic E-state index is -0.889. The number of nitrogen functional groups attached to an aromatic ring is 3. The molecule has 348 valence electrons. The minimum Gasteiger partial charge on any atom is -0.480 e. The first-order valence-corrected chi connectivity index (χ1v) is 19.9. The average Bonchev–Trinajstić information content (AvgIpc) is 3.96. The number of aryl methyl sites for hydroxylation is 2. The summed E-state index contributed by atoms with van der Waals surface area (Å²) in [6.07, 6.45) is 7.33. The Morgan fingerprint density at radius 3 is 1.80 bits per heavy atom. The Balaban J connectivity index is 0.000000212. The zero-order chi connectivity index (χ0) is 46.9. The van der Waals surface area contributed by atoms with Crippen molar-refractivity contribution in [3.63, 3.8) is 0 Å². The number of rotatable bonds is 20. The summed E-state index contributed by atoms with van der Waals surface area (Å²) in [4.78, 5) is 89.1. The number of carboxylic acid groups (broad SMARTS) is 1. The second kappa shape index (κ2) is 23.9. The molecule has 0 radical (unpaired) electrons. The second-order valence-corrected chi connectivity index (χ2v) is 14.6. The molecular formula is C37H54N16O11. The number of esters is 2. The van der Waals surface area contributed by atoms with E-state index in [0.717, 1.165) is 0 Å². The molecule has 6 aromatic heterocycles. The number of H-pyrrole nitrogens is 2. The van der Waals surface area contributed by atoms with Gasteiger partial charge in [-0.15, -0.1) is 0 Å². The number of fused-ring (bicyclic) bond motifs is 3. The van der Waals surface area contributed by atoms with Gasteiger partial charge in [-0.2, -0.15) is 15.0 Å². The number of ether oxygens (including phenoxy) is 3. The van der Waals surface area contributed by atoms with Gasteiger partial charge in [-0.3, -0.25) is 38.5 Å². The third kappa shape index (κ3) is 14.5. The zero-order valence-electron chi connectivity index (χ0n) is 35.7. The van der Waals surface area contributed by atoms with Crippen molar-refractivity contribution >= 4 is 69.2 Å². The second-order valence-electron chi connectivity index (χ2n) is 14.6. The molecule has 6 aromatic rings. The summed E-state index contributed by atoms with van der Waals surface area (Å²) in [6.45, 7) is 8.43. The van der Waals surface area contributed by atoms with E-state index in [1.807, 2.05) is 18.4 Å². The molecule has 0 spiro atoms. The molecule has 6 heterocycles. The Labute approximate surface area is 363 Å². The number of nitrogens with two attached hydrogens (primary N) is 3. The van der Waals surface area contributed by atoms with Crippen LogP contribution in [0.15, 0.2) is 34.8 Å². The fourth-order valence-corrected chi connectivity index (χ4v) is 5.86. The number of carbonyl (C=O) groups is 3. The van der Waals surface area contributed by atoms with Crippen molar-refractivity contribution < 1.29 is 43.9 Å². The van der Waals surface area contributed by atoms with Crippen molar-refractivity contribution in [2.75, 3.05) is 56.8 Å². The summed E-state index contributed by atoms with van der Waals surface area (Å²) in [5, 5.41) is 29.9. The number of anilines is 3. The van der Waals surface area contributed by atoms with Crippen LogP contribution in [0.4, 0.5) is 17.8 Å². The van der Waals surface area contributed by atoms with Crippen molar-refractivity contribution in [3.8, 4) is 0 Å². The van der Waals surface area contributed by atoms with Gasteiger partial charge in [0.15, 0.2) is 28.0 Å². The lowest BCUT2D eigenvalue weighted by Crippen LogP contribution is -2.42. The van der Waals surface area contributed by atoms with E-state index >= 15 is 0 Å². The monoisotopic (exact) mass is 898 g/mol. The molecule has 0 unspecified atom stereocenters. The van der Waals surface area contributed by atoms with E-state index in [1.165, 1.54) is 26.5 Å². The molecule has 0 aliphatic carbocycles. The third-order valence-electron chi connectivity index (χ3n) is 9.25. The highest BCUT2D eigenvalue weighted by Crippen LogP contribution is 2.15. The molecule has 0 aromatic carbocycles. The average molecular weight is 899 g/mol. The molecule has 0 amide bonds. The van der Waals surface area contributed by atoms with E-state index < -0.39 is 17.6 Å². The molecule has 1 atom stereocenters. The maximum Gasteiger partial charge on any atom is 0.320 e. The standard InChI is InChI=1S/C14H19N5O4.C13H20N6O4.C10H15N5O3/c1-9(20)22-6-11(7-23-10(2)21)3-4-19-8-17-12-5-16-14(15)18-13(12)19;1-7(2)8(12(21)22)15-3-4-23-6-19-5-16-9-10(19)17-13(14)18-11(9)20;11-10-13-8-7(9(18)14-10)12-5-15(8)2-1-6(3-16)4-17/h5,8,11H,3-4,6-7H2,1-2H3,(H2,15,16,18);5,7-8,15H,3-4,6H2,1-2H3,(H,21,22)(H3,14,17,18,20);5-6,16-17H,1-4H2,(H3,11,13,14,18)/t;8-;/m.0./s1. The number of aromatic nitrogens is 12. The molecule has 0 fully saturated rings.